The monoisotopic (exact) mass is 350 g/mol. The molecular formula is C12H15ClN2O4S2. The molecule has 1 heterocycles. The number of sulfone groups is 1. The van der Waals surface area contributed by atoms with Crippen LogP contribution in [0.25, 0.3) is 0 Å². The number of alkyl halides is 1. The highest BCUT2D eigenvalue weighted by atomic mass is 35.5. The number of hydrogen-bond acceptors (Lipinski definition) is 6. The predicted molar refractivity (Wildman–Crippen MR) is 86.0 cm³/mol. The molecule has 1 saturated heterocycles. The fourth-order valence-electron chi connectivity index (χ4n) is 2.25. The summed E-state index contributed by atoms with van der Waals surface area (Å²) in [4.78, 5) is 12.4. The average Bonchev–Trinajstić information content (AvgIpc) is 2.45. The summed E-state index contributed by atoms with van der Waals surface area (Å²) in [5.41, 5.74) is 0.868. The van der Waals surface area contributed by atoms with Gasteiger partial charge >= 0.3 is 0 Å². The van der Waals surface area contributed by atoms with Crippen molar-refractivity contribution in [2.45, 2.75) is 11.3 Å². The Morgan fingerprint density at radius 3 is 2.81 bits per heavy atom. The molecular weight excluding hydrogens is 336 g/mol. The molecule has 1 aromatic carbocycles. The van der Waals surface area contributed by atoms with E-state index >= 15 is 0 Å². The van der Waals surface area contributed by atoms with Crippen molar-refractivity contribution in [3.05, 3.63) is 33.9 Å². The number of nitro groups is 1. The number of hydrogen-bond donors (Lipinski definition) is 0. The SMILES string of the molecule is CS(=O)(=O)C1CSCCN1c1ccc(CCl)cc1[N+](=O)[O-]. The summed E-state index contributed by atoms with van der Waals surface area (Å²) in [6, 6.07) is 4.68. The first-order valence-corrected chi connectivity index (χ1v) is 9.85. The molecule has 1 aliphatic heterocycles. The number of anilines is 1. The summed E-state index contributed by atoms with van der Waals surface area (Å²) < 4.78 is 23.9. The summed E-state index contributed by atoms with van der Waals surface area (Å²) in [6.07, 6.45) is 1.16. The van der Waals surface area contributed by atoms with E-state index in [0.29, 0.717) is 23.5 Å². The van der Waals surface area contributed by atoms with Gasteiger partial charge in [0.05, 0.1) is 4.92 Å². The van der Waals surface area contributed by atoms with Crippen LogP contribution in [0.5, 0.6) is 0 Å². The Morgan fingerprint density at radius 1 is 1.52 bits per heavy atom. The molecule has 6 nitrogen and oxygen atoms in total. The highest BCUT2D eigenvalue weighted by Gasteiger charge is 2.34. The second kappa shape index (κ2) is 6.41. The van der Waals surface area contributed by atoms with E-state index in [0.717, 1.165) is 12.0 Å². The van der Waals surface area contributed by atoms with Gasteiger partial charge in [0.15, 0.2) is 9.84 Å². The van der Waals surface area contributed by atoms with E-state index < -0.39 is 20.1 Å². The normalized spacial score (nSPS) is 19.5. The molecule has 1 atom stereocenters. The van der Waals surface area contributed by atoms with Gasteiger partial charge < -0.3 is 4.90 Å². The number of rotatable bonds is 4. The minimum atomic E-state index is -3.32. The molecule has 9 heteroatoms. The third-order valence-corrected chi connectivity index (χ3v) is 6.23. The third-order valence-electron chi connectivity index (χ3n) is 3.28. The number of benzene rings is 1. The minimum Gasteiger partial charge on any atom is -0.348 e. The van der Waals surface area contributed by atoms with Gasteiger partial charge in [-0.05, 0) is 11.6 Å². The summed E-state index contributed by atoms with van der Waals surface area (Å²) in [7, 11) is -3.32. The van der Waals surface area contributed by atoms with E-state index in [1.165, 1.54) is 17.8 Å². The summed E-state index contributed by atoms with van der Waals surface area (Å²) in [5.74, 6) is 1.32. The molecule has 116 valence electrons. The molecule has 0 spiro atoms. The Morgan fingerprint density at radius 2 is 2.24 bits per heavy atom. The van der Waals surface area contributed by atoms with Crippen molar-refractivity contribution in [3.63, 3.8) is 0 Å². The van der Waals surface area contributed by atoms with Crippen molar-refractivity contribution in [1.29, 1.82) is 0 Å². The molecule has 1 aliphatic rings. The van der Waals surface area contributed by atoms with Crippen LogP contribution in [-0.2, 0) is 15.7 Å². The van der Waals surface area contributed by atoms with Crippen molar-refractivity contribution >= 4 is 44.6 Å². The van der Waals surface area contributed by atoms with Crippen LogP contribution in [-0.4, -0.2) is 43.0 Å². The van der Waals surface area contributed by atoms with Gasteiger partial charge in [0.1, 0.15) is 11.1 Å². The lowest BCUT2D eigenvalue weighted by atomic mass is 10.1. The maximum Gasteiger partial charge on any atom is 0.292 e. The van der Waals surface area contributed by atoms with E-state index in [2.05, 4.69) is 0 Å². The third kappa shape index (κ3) is 3.61. The Labute approximate surface area is 132 Å². The standard InChI is InChI=1S/C12H15ClN2O4S2/c1-21(18,19)12-8-20-5-4-14(12)10-3-2-9(7-13)6-11(10)15(16)17/h2-3,6,12H,4-5,7-8H2,1H3. The second-order valence-corrected chi connectivity index (χ2v) is 8.39. The Balaban J connectivity index is 2.50. The second-order valence-electron chi connectivity index (χ2n) is 4.77. The van der Waals surface area contributed by atoms with Crippen molar-refractivity contribution in [2.24, 2.45) is 0 Å². The molecule has 1 unspecified atom stereocenters. The Bertz CT molecular complexity index is 651. The molecule has 21 heavy (non-hydrogen) atoms. The quantitative estimate of drug-likeness (QED) is 0.470. The Kier molecular flexibility index (Phi) is 5.00. The lowest BCUT2D eigenvalue weighted by molar-refractivity contribution is -0.384. The first-order valence-electron chi connectivity index (χ1n) is 6.21. The van der Waals surface area contributed by atoms with Gasteiger partial charge in [-0.25, -0.2) is 8.42 Å². The van der Waals surface area contributed by atoms with Crippen LogP contribution in [0.3, 0.4) is 0 Å². The average molecular weight is 351 g/mol. The fourth-order valence-corrected chi connectivity index (χ4v) is 5.25. The van der Waals surface area contributed by atoms with Crippen LogP contribution in [0.1, 0.15) is 5.56 Å². The zero-order valence-corrected chi connectivity index (χ0v) is 13.7. The van der Waals surface area contributed by atoms with Crippen LogP contribution in [0.2, 0.25) is 0 Å². The molecule has 2 rings (SSSR count). The molecule has 0 amide bonds. The van der Waals surface area contributed by atoms with Gasteiger partial charge in [0.2, 0.25) is 0 Å². The number of nitrogens with zero attached hydrogens (tertiary/aromatic N) is 2. The van der Waals surface area contributed by atoms with Crippen LogP contribution in [0.4, 0.5) is 11.4 Å². The van der Waals surface area contributed by atoms with Crippen LogP contribution >= 0.6 is 23.4 Å². The van der Waals surface area contributed by atoms with Gasteiger partial charge in [0, 0.05) is 36.3 Å². The smallest absolute Gasteiger partial charge is 0.292 e. The zero-order chi connectivity index (χ0) is 15.6. The van der Waals surface area contributed by atoms with E-state index in [4.69, 9.17) is 11.6 Å². The van der Waals surface area contributed by atoms with Crippen molar-refractivity contribution in [3.8, 4) is 0 Å². The maximum atomic E-state index is 11.9. The predicted octanol–water partition coefficient (Wildman–Crippen LogP) is 2.26. The van der Waals surface area contributed by atoms with Crippen molar-refractivity contribution in [2.75, 3.05) is 29.2 Å². The Hall–Kier alpha value is -0.990. The van der Waals surface area contributed by atoms with Crippen molar-refractivity contribution in [1.82, 2.24) is 0 Å². The number of nitro benzene ring substituents is 1. The van der Waals surface area contributed by atoms with Crippen LogP contribution in [0, 0.1) is 10.1 Å². The summed E-state index contributed by atoms with van der Waals surface area (Å²) >= 11 is 7.25. The van der Waals surface area contributed by atoms with Crippen LogP contribution < -0.4 is 4.90 Å². The number of thioether (sulfide) groups is 1. The lowest BCUT2D eigenvalue weighted by Crippen LogP contribution is -2.47. The summed E-state index contributed by atoms with van der Waals surface area (Å²) in [5, 5.41) is 10.5. The molecule has 0 aliphatic carbocycles. The summed E-state index contributed by atoms with van der Waals surface area (Å²) in [6.45, 7) is 0.462. The highest BCUT2D eigenvalue weighted by molar-refractivity contribution is 8.01. The van der Waals surface area contributed by atoms with Gasteiger partial charge in [-0.3, -0.25) is 10.1 Å². The first kappa shape index (κ1) is 16.4. The lowest BCUT2D eigenvalue weighted by Gasteiger charge is -2.35. The molecule has 1 fully saturated rings. The van der Waals surface area contributed by atoms with Gasteiger partial charge in [-0.2, -0.15) is 11.8 Å². The zero-order valence-electron chi connectivity index (χ0n) is 11.4. The van der Waals surface area contributed by atoms with Crippen molar-refractivity contribution < 1.29 is 13.3 Å². The molecule has 0 N–H and O–H groups in total. The minimum absolute atomic E-state index is 0.103. The highest BCUT2D eigenvalue weighted by Crippen LogP contribution is 2.34. The van der Waals surface area contributed by atoms with Gasteiger partial charge in [-0.1, -0.05) is 6.07 Å². The topological polar surface area (TPSA) is 80.5 Å². The largest absolute Gasteiger partial charge is 0.348 e. The molecule has 0 radical (unpaired) electrons. The molecule has 1 aromatic rings. The van der Waals surface area contributed by atoms with E-state index in [1.54, 1.807) is 17.0 Å². The maximum absolute atomic E-state index is 11.9. The molecule has 0 saturated carbocycles. The van der Waals surface area contributed by atoms with E-state index in [9.17, 15) is 18.5 Å². The fraction of sp³-hybridized carbons (Fsp3) is 0.500. The molecule has 0 aromatic heterocycles. The van der Waals surface area contributed by atoms with Crippen LogP contribution in [0.15, 0.2) is 18.2 Å². The van der Waals surface area contributed by atoms with Gasteiger partial charge in [-0.15, -0.1) is 11.6 Å². The molecule has 0 bridgehead atoms. The first-order chi connectivity index (χ1) is 9.84. The van der Waals surface area contributed by atoms with Gasteiger partial charge in [0.25, 0.3) is 5.69 Å². The van der Waals surface area contributed by atoms with E-state index in [-0.39, 0.29) is 11.6 Å². The van der Waals surface area contributed by atoms with E-state index in [1.807, 2.05) is 0 Å². The number of halogens is 1.